The van der Waals surface area contributed by atoms with Gasteiger partial charge in [0.25, 0.3) is 0 Å². The summed E-state index contributed by atoms with van der Waals surface area (Å²) in [5.74, 6) is 0.140. The second-order valence-corrected chi connectivity index (χ2v) is 3.36. The fourth-order valence-corrected chi connectivity index (χ4v) is 1.69. The van der Waals surface area contributed by atoms with Gasteiger partial charge in [0.2, 0.25) is 0 Å². The van der Waals surface area contributed by atoms with Crippen LogP contribution >= 0.6 is 0 Å². The summed E-state index contributed by atoms with van der Waals surface area (Å²) in [6, 6.07) is 7.76. The van der Waals surface area contributed by atoms with E-state index in [-0.39, 0.29) is 5.84 Å². The van der Waals surface area contributed by atoms with Crippen LogP contribution in [0.3, 0.4) is 0 Å². The van der Waals surface area contributed by atoms with Crippen molar-refractivity contribution in [2.75, 3.05) is 0 Å². The number of rotatable bonds is 2. The van der Waals surface area contributed by atoms with Crippen LogP contribution in [0.1, 0.15) is 12.5 Å². The van der Waals surface area contributed by atoms with Crippen molar-refractivity contribution in [1.29, 1.82) is 0 Å². The summed E-state index contributed by atoms with van der Waals surface area (Å²) in [6.45, 7) is 3.03. The number of hydrogen-bond acceptors (Lipinski definition) is 2. The smallest absolute Gasteiger partial charge is 0.170 e. The van der Waals surface area contributed by atoms with Crippen molar-refractivity contribution in [2.45, 2.75) is 13.5 Å². The van der Waals surface area contributed by atoms with Gasteiger partial charge in [-0.1, -0.05) is 5.16 Å². The van der Waals surface area contributed by atoms with Crippen molar-refractivity contribution in [2.24, 2.45) is 10.9 Å². The molecule has 2 rings (SSSR count). The minimum atomic E-state index is 0.140. The predicted octanol–water partition coefficient (Wildman–Crippen LogP) is 1.76. The maximum Gasteiger partial charge on any atom is 0.170 e. The van der Waals surface area contributed by atoms with Gasteiger partial charge in [0.1, 0.15) is 0 Å². The van der Waals surface area contributed by atoms with E-state index in [9.17, 15) is 0 Å². The molecule has 0 aliphatic heterocycles. The lowest BCUT2D eigenvalue weighted by Crippen LogP contribution is -2.12. The minimum absolute atomic E-state index is 0.140. The first-order valence-corrected chi connectivity index (χ1v) is 4.83. The zero-order valence-electron chi connectivity index (χ0n) is 8.51. The second kappa shape index (κ2) is 3.65. The van der Waals surface area contributed by atoms with Crippen LogP contribution in [-0.2, 0) is 6.54 Å². The molecule has 0 aliphatic carbocycles. The van der Waals surface area contributed by atoms with Crippen LogP contribution in [0, 0.1) is 0 Å². The molecule has 2 aromatic rings. The van der Waals surface area contributed by atoms with E-state index < -0.39 is 0 Å². The molecule has 1 heterocycles. The summed E-state index contributed by atoms with van der Waals surface area (Å²) in [6.07, 6.45) is 2.03. The third kappa shape index (κ3) is 1.54. The largest absolute Gasteiger partial charge is 0.409 e. The van der Waals surface area contributed by atoms with Crippen molar-refractivity contribution in [3.05, 3.63) is 36.0 Å². The van der Waals surface area contributed by atoms with Gasteiger partial charge in [-0.2, -0.15) is 0 Å². The van der Waals surface area contributed by atoms with Crippen LogP contribution in [-0.4, -0.2) is 15.6 Å². The maximum atomic E-state index is 8.57. The number of oxime groups is 1. The van der Waals surface area contributed by atoms with Gasteiger partial charge in [0, 0.05) is 29.2 Å². The van der Waals surface area contributed by atoms with Gasteiger partial charge in [-0.3, -0.25) is 0 Å². The van der Waals surface area contributed by atoms with Gasteiger partial charge in [0.05, 0.1) is 0 Å². The number of aryl methyl sites for hydroxylation is 1. The molecule has 78 valence electrons. The first-order chi connectivity index (χ1) is 7.26. The third-order valence-electron chi connectivity index (χ3n) is 2.52. The molecule has 0 fully saturated rings. The fraction of sp³-hybridized carbons (Fsp3) is 0.182. The molecule has 0 saturated carbocycles. The molecule has 1 aromatic heterocycles. The van der Waals surface area contributed by atoms with Gasteiger partial charge in [-0.05, 0) is 31.2 Å². The lowest BCUT2D eigenvalue weighted by atomic mass is 10.1. The van der Waals surface area contributed by atoms with E-state index in [0.717, 1.165) is 23.0 Å². The van der Waals surface area contributed by atoms with E-state index in [4.69, 9.17) is 10.9 Å². The molecule has 0 bridgehead atoms. The number of benzene rings is 1. The van der Waals surface area contributed by atoms with E-state index in [1.54, 1.807) is 0 Å². The normalized spacial score (nSPS) is 12.2. The van der Waals surface area contributed by atoms with Gasteiger partial charge < -0.3 is 15.5 Å². The molecule has 4 heteroatoms. The summed E-state index contributed by atoms with van der Waals surface area (Å²) in [5.41, 5.74) is 7.41. The highest BCUT2D eigenvalue weighted by atomic mass is 16.4. The van der Waals surface area contributed by atoms with Gasteiger partial charge >= 0.3 is 0 Å². The highest BCUT2D eigenvalue weighted by molar-refractivity contribution is 6.00. The first-order valence-electron chi connectivity index (χ1n) is 4.83. The average Bonchev–Trinajstić information content (AvgIpc) is 2.69. The van der Waals surface area contributed by atoms with E-state index >= 15 is 0 Å². The Labute approximate surface area is 87.6 Å². The van der Waals surface area contributed by atoms with Crippen LogP contribution in [0.15, 0.2) is 35.6 Å². The van der Waals surface area contributed by atoms with Crippen molar-refractivity contribution in [3.63, 3.8) is 0 Å². The van der Waals surface area contributed by atoms with Crippen LogP contribution in [0.5, 0.6) is 0 Å². The van der Waals surface area contributed by atoms with Gasteiger partial charge in [-0.15, -0.1) is 0 Å². The lowest BCUT2D eigenvalue weighted by Gasteiger charge is -2.02. The average molecular weight is 203 g/mol. The number of aromatic nitrogens is 1. The number of nitrogens with two attached hydrogens (primary N) is 1. The Hall–Kier alpha value is -1.97. The Morgan fingerprint density at radius 3 is 2.93 bits per heavy atom. The summed E-state index contributed by atoms with van der Waals surface area (Å²) >= 11 is 0. The molecular formula is C11H13N3O. The zero-order valence-corrected chi connectivity index (χ0v) is 8.51. The van der Waals surface area contributed by atoms with Crippen molar-refractivity contribution < 1.29 is 5.21 Å². The molecule has 0 spiro atoms. The molecule has 0 radical (unpaired) electrons. The van der Waals surface area contributed by atoms with Crippen molar-refractivity contribution >= 4 is 16.7 Å². The van der Waals surface area contributed by atoms with Crippen LogP contribution in [0.4, 0.5) is 0 Å². The molecule has 0 atom stereocenters. The Balaban J connectivity index is 2.58. The molecule has 15 heavy (non-hydrogen) atoms. The Morgan fingerprint density at radius 1 is 1.47 bits per heavy atom. The Bertz CT molecular complexity index is 514. The SMILES string of the molecule is CCn1ccc2cc(/C(N)=N/O)ccc21. The summed E-state index contributed by atoms with van der Waals surface area (Å²) in [7, 11) is 0. The third-order valence-corrected chi connectivity index (χ3v) is 2.52. The monoisotopic (exact) mass is 203 g/mol. The van der Waals surface area contributed by atoms with E-state index in [1.165, 1.54) is 0 Å². The zero-order chi connectivity index (χ0) is 10.8. The van der Waals surface area contributed by atoms with Gasteiger partial charge in [0.15, 0.2) is 5.84 Å². The number of hydrogen-bond donors (Lipinski definition) is 2. The second-order valence-electron chi connectivity index (χ2n) is 3.36. The molecule has 3 N–H and O–H groups in total. The van der Waals surface area contributed by atoms with E-state index in [1.807, 2.05) is 30.5 Å². The molecule has 0 aliphatic rings. The number of amidine groups is 1. The lowest BCUT2D eigenvalue weighted by molar-refractivity contribution is 0.318. The molecule has 4 nitrogen and oxygen atoms in total. The maximum absolute atomic E-state index is 8.57. The molecule has 0 unspecified atom stereocenters. The minimum Gasteiger partial charge on any atom is -0.409 e. The van der Waals surface area contributed by atoms with E-state index in [2.05, 4.69) is 16.6 Å². The van der Waals surface area contributed by atoms with Gasteiger partial charge in [-0.25, -0.2) is 0 Å². The molecule has 1 aromatic carbocycles. The predicted molar refractivity (Wildman–Crippen MR) is 60.1 cm³/mol. The highest BCUT2D eigenvalue weighted by Crippen LogP contribution is 2.17. The van der Waals surface area contributed by atoms with Crippen LogP contribution < -0.4 is 5.73 Å². The summed E-state index contributed by atoms with van der Waals surface area (Å²) in [5, 5.41) is 12.6. The summed E-state index contributed by atoms with van der Waals surface area (Å²) < 4.78 is 2.14. The molecule has 0 saturated heterocycles. The number of nitrogens with zero attached hydrogens (tertiary/aromatic N) is 2. The van der Waals surface area contributed by atoms with Crippen molar-refractivity contribution in [3.8, 4) is 0 Å². The first kappa shape index (κ1) is 9.58. The van der Waals surface area contributed by atoms with Crippen LogP contribution in [0.25, 0.3) is 10.9 Å². The van der Waals surface area contributed by atoms with Crippen molar-refractivity contribution in [1.82, 2.24) is 4.57 Å². The topological polar surface area (TPSA) is 63.5 Å². The quantitative estimate of drug-likeness (QED) is 0.338. The van der Waals surface area contributed by atoms with Crippen LogP contribution in [0.2, 0.25) is 0 Å². The fourth-order valence-electron chi connectivity index (χ4n) is 1.69. The summed E-state index contributed by atoms with van der Waals surface area (Å²) in [4.78, 5) is 0. The standard InChI is InChI=1S/C11H13N3O/c1-2-14-6-5-8-7-9(11(12)13-15)3-4-10(8)14/h3-7,15H,2H2,1H3,(H2,12,13). The highest BCUT2D eigenvalue weighted by Gasteiger charge is 2.03. The Kier molecular flexibility index (Phi) is 2.33. The molecule has 0 amide bonds. The number of fused-ring (bicyclic) bond motifs is 1. The Morgan fingerprint density at radius 2 is 2.27 bits per heavy atom. The molecular weight excluding hydrogens is 190 g/mol. The van der Waals surface area contributed by atoms with E-state index in [0.29, 0.717) is 0 Å².